The molecule has 5 rings (SSSR count). The van der Waals surface area contributed by atoms with Crippen LogP contribution in [0.25, 0.3) is 0 Å². The summed E-state index contributed by atoms with van der Waals surface area (Å²) in [7, 11) is 3.24. The summed E-state index contributed by atoms with van der Waals surface area (Å²) in [6.45, 7) is 5.89. The minimum atomic E-state index is -1.16. The van der Waals surface area contributed by atoms with Crippen molar-refractivity contribution in [3.63, 3.8) is 0 Å². The van der Waals surface area contributed by atoms with Crippen molar-refractivity contribution in [3.8, 4) is 11.5 Å². The second-order valence-corrected chi connectivity index (χ2v) is 12.4. The maximum atomic E-state index is 13.3. The normalized spacial score (nSPS) is 16.3. The molecule has 0 bridgehead atoms. The first-order valence-corrected chi connectivity index (χ1v) is 15.6. The smallest absolute Gasteiger partial charge is 0.410 e. The fourth-order valence-electron chi connectivity index (χ4n) is 5.68. The summed E-state index contributed by atoms with van der Waals surface area (Å²) in [5.74, 6) is 1.39. The predicted octanol–water partition coefficient (Wildman–Crippen LogP) is 6.93. The lowest BCUT2D eigenvalue weighted by atomic mass is 9.79. The van der Waals surface area contributed by atoms with Crippen LogP contribution < -0.4 is 14.8 Å². The number of carbonyl (C=O) groups excluding carboxylic acids is 2. The van der Waals surface area contributed by atoms with Crippen LogP contribution in [0.5, 0.6) is 11.5 Å². The van der Waals surface area contributed by atoms with Gasteiger partial charge in [0.1, 0.15) is 29.3 Å². The summed E-state index contributed by atoms with van der Waals surface area (Å²) in [6.07, 6.45) is -1.78. The number of rotatable bonds is 10. The van der Waals surface area contributed by atoms with Gasteiger partial charge in [-0.1, -0.05) is 84.9 Å². The molecule has 4 aromatic rings. The van der Waals surface area contributed by atoms with E-state index in [1.165, 1.54) is 0 Å². The summed E-state index contributed by atoms with van der Waals surface area (Å²) < 4.78 is 29.5. The second-order valence-electron chi connectivity index (χ2n) is 12.4. The molecule has 1 saturated heterocycles. The van der Waals surface area contributed by atoms with Gasteiger partial charge in [-0.2, -0.15) is 0 Å². The topological polar surface area (TPSA) is 95.6 Å². The van der Waals surface area contributed by atoms with Crippen LogP contribution in [0.2, 0.25) is 0 Å². The highest BCUT2D eigenvalue weighted by Gasteiger charge is 2.46. The number of carbonyl (C=O) groups is 2. The molecule has 0 saturated carbocycles. The van der Waals surface area contributed by atoms with Crippen LogP contribution in [-0.4, -0.2) is 62.1 Å². The van der Waals surface area contributed by atoms with E-state index in [1.807, 2.05) is 130 Å². The zero-order chi connectivity index (χ0) is 33.4. The molecule has 2 atom stereocenters. The van der Waals surface area contributed by atoms with Crippen LogP contribution in [0.3, 0.4) is 0 Å². The van der Waals surface area contributed by atoms with Gasteiger partial charge in [-0.3, -0.25) is 0 Å². The van der Waals surface area contributed by atoms with Gasteiger partial charge in [0.15, 0.2) is 0 Å². The van der Waals surface area contributed by atoms with Crippen molar-refractivity contribution in [2.75, 3.05) is 27.3 Å². The van der Waals surface area contributed by atoms with E-state index >= 15 is 0 Å². The van der Waals surface area contributed by atoms with Crippen molar-refractivity contribution in [2.45, 2.75) is 50.7 Å². The molecular weight excluding hydrogens is 596 g/mol. The van der Waals surface area contributed by atoms with Crippen molar-refractivity contribution < 1.29 is 33.3 Å². The number of likely N-dealkylation sites (tertiary alicyclic amines) is 1. The van der Waals surface area contributed by atoms with Crippen LogP contribution in [0.4, 0.5) is 9.59 Å². The van der Waals surface area contributed by atoms with Gasteiger partial charge in [0.25, 0.3) is 0 Å². The van der Waals surface area contributed by atoms with Crippen molar-refractivity contribution in [2.24, 2.45) is 0 Å². The zero-order valence-electron chi connectivity index (χ0n) is 27.5. The van der Waals surface area contributed by atoms with Crippen LogP contribution in [0, 0.1) is 0 Å². The Labute approximate surface area is 276 Å². The molecule has 9 heteroatoms. The van der Waals surface area contributed by atoms with E-state index in [1.54, 1.807) is 19.1 Å². The third-order valence-corrected chi connectivity index (χ3v) is 7.94. The lowest BCUT2D eigenvalue weighted by molar-refractivity contribution is -0.0520. The largest absolute Gasteiger partial charge is 0.497 e. The van der Waals surface area contributed by atoms with Gasteiger partial charge in [0.05, 0.1) is 32.9 Å². The van der Waals surface area contributed by atoms with Crippen molar-refractivity contribution >= 4 is 12.2 Å². The molecule has 246 valence electrons. The fourth-order valence-corrected chi connectivity index (χ4v) is 5.68. The van der Waals surface area contributed by atoms with E-state index in [-0.39, 0.29) is 19.7 Å². The molecule has 4 aromatic carbocycles. The highest BCUT2D eigenvalue weighted by atomic mass is 16.6. The first-order valence-electron chi connectivity index (χ1n) is 15.6. The van der Waals surface area contributed by atoms with E-state index in [0.29, 0.717) is 11.5 Å². The predicted molar refractivity (Wildman–Crippen MR) is 179 cm³/mol. The Morgan fingerprint density at radius 3 is 1.74 bits per heavy atom. The van der Waals surface area contributed by atoms with Gasteiger partial charge in [0, 0.05) is 6.54 Å². The number of alkyl carbamates (subject to hydrolysis) is 1. The average Bonchev–Trinajstić information content (AvgIpc) is 3.48. The Hall–Kier alpha value is -5.02. The van der Waals surface area contributed by atoms with E-state index < -0.39 is 35.5 Å². The number of nitrogens with one attached hydrogen (secondary N) is 1. The standard InChI is InChI=1S/C38H42N2O7/c1-37(2,3)47-36(42)40-24-33(39-35(41)45-26-27-12-8-6-9-13-27)34(25-40)46-38(28-14-10-7-11-15-28,29-16-20-31(43-4)21-17-29)30-18-22-32(44-5)23-19-30/h6-23,33-34H,24-26H2,1-5H3,(H,39,41). The first-order chi connectivity index (χ1) is 22.6. The summed E-state index contributed by atoms with van der Waals surface area (Å²) in [5.41, 5.74) is 1.51. The van der Waals surface area contributed by atoms with Gasteiger partial charge in [-0.15, -0.1) is 0 Å². The van der Waals surface area contributed by atoms with E-state index in [9.17, 15) is 9.59 Å². The van der Waals surface area contributed by atoms with Gasteiger partial charge in [0.2, 0.25) is 0 Å². The SMILES string of the molecule is COc1ccc(C(OC2CN(C(=O)OC(C)(C)C)CC2NC(=O)OCc2ccccc2)(c2ccccc2)c2ccc(OC)cc2)cc1. The summed E-state index contributed by atoms with van der Waals surface area (Å²) in [6, 6.07) is 34.1. The minimum absolute atomic E-state index is 0.104. The zero-order valence-corrected chi connectivity index (χ0v) is 27.5. The lowest BCUT2D eigenvalue weighted by Gasteiger charge is -2.39. The number of benzene rings is 4. The van der Waals surface area contributed by atoms with Crippen molar-refractivity contribution in [1.82, 2.24) is 10.2 Å². The Kier molecular flexibility index (Phi) is 10.4. The van der Waals surface area contributed by atoms with Crippen molar-refractivity contribution in [3.05, 3.63) is 131 Å². The maximum absolute atomic E-state index is 13.3. The lowest BCUT2D eigenvalue weighted by Crippen LogP contribution is -2.48. The molecule has 0 spiro atoms. The Bertz CT molecular complexity index is 1560. The second kappa shape index (κ2) is 14.6. The Balaban J connectivity index is 1.56. The monoisotopic (exact) mass is 638 g/mol. The van der Waals surface area contributed by atoms with E-state index in [4.69, 9.17) is 23.7 Å². The molecule has 1 fully saturated rings. The molecule has 0 aromatic heterocycles. The molecule has 1 heterocycles. The summed E-state index contributed by atoms with van der Waals surface area (Å²) >= 11 is 0. The fraction of sp³-hybridized carbons (Fsp3) is 0.316. The third-order valence-electron chi connectivity index (χ3n) is 7.94. The molecular formula is C38H42N2O7. The number of amides is 2. The minimum Gasteiger partial charge on any atom is -0.497 e. The van der Waals surface area contributed by atoms with Gasteiger partial charge < -0.3 is 33.9 Å². The van der Waals surface area contributed by atoms with E-state index in [2.05, 4.69) is 5.32 Å². The number of ether oxygens (including phenoxy) is 5. The molecule has 2 unspecified atom stereocenters. The maximum Gasteiger partial charge on any atom is 0.410 e. The first kappa shape index (κ1) is 33.3. The average molecular weight is 639 g/mol. The molecule has 1 N–H and O–H groups in total. The number of nitrogens with zero attached hydrogens (tertiary/aromatic N) is 1. The Morgan fingerprint density at radius 1 is 0.723 bits per heavy atom. The molecule has 0 radical (unpaired) electrons. The summed E-state index contributed by atoms with van der Waals surface area (Å²) in [5, 5.41) is 2.98. The number of hydrogen-bond donors (Lipinski definition) is 1. The van der Waals surface area contributed by atoms with Crippen LogP contribution in [0.15, 0.2) is 109 Å². The van der Waals surface area contributed by atoms with Crippen LogP contribution in [-0.2, 0) is 26.4 Å². The number of hydrogen-bond acceptors (Lipinski definition) is 7. The number of methoxy groups -OCH3 is 2. The van der Waals surface area contributed by atoms with Gasteiger partial charge >= 0.3 is 12.2 Å². The highest BCUT2D eigenvalue weighted by Crippen LogP contribution is 2.43. The molecule has 0 aliphatic carbocycles. The quantitative estimate of drug-likeness (QED) is 0.188. The Morgan fingerprint density at radius 2 is 1.23 bits per heavy atom. The molecule has 47 heavy (non-hydrogen) atoms. The van der Waals surface area contributed by atoms with E-state index in [0.717, 1.165) is 22.3 Å². The molecule has 9 nitrogen and oxygen atoms in total. The van der Waals surface area contributed by atoms with Crippen molar-refractivity contribution in [1.29, 1.82) is 0 Å². The van der Waals surface area contributed by atoms with Crippen LogP contribution in [0.1, 0.15) is 43.0 Å². The molecule has 1 aliphatic rings. The highest BCUT2D eigenvalue weighted by molar-refractivity contribution is 5.70. The third kappa shape index (κ3) is 8.04. The van der Waals surface area contributed by atoms with Gasteiger partial charge in [-0.05, 0) is 67.3 Å². The summed E-state index contributed by atoms with van der Waals surface area (Å²) in [4.78, 5) is 28.1. The molecule has 1 aliphatic heterocycles. The molecule has 2 amide bonds. The van der Waals surface area contributed by atoms with Gasteiger partial charge in [-0.25, -0.2) is 9.59 Å². The van der Waals surface area contributed by atoms with Crippen LogP contribution >= 0.6 is 0 Å².